The van der Waals surface area contributed by atoms with Gasteiger partial charge in [-0.25, -0.2) is 0 Å². The van der Waals surface area contributed by atoms with Crippen LogP contribution in [0.4, 0.5) is 5.69 Å². The smallest absolute Gasteiger partial charge is 0 e. The molecular formula is C12H11NY2-2. The molecule has 0 aliphatic heterocycles. The number of hydrogen-bond donors (Lipinski definition) is 1. The minimum Gasteiger partial charge on any atom is -0.419 e. The van der Waals surface area contributed by atoms with Crippen molar-refractivity contribution in [3.63, 3.8) is 0 Å². The minimum absolute atomic E-state index is 0. The van der Waals surface area contributed by atoms with Gasteiger partial charge >= 0.3 is 0 Å². The standard InChI is InChI=1S/C6H6N.C6H5.2Y/c7-6-4-2-1-3-5-6;1-2-4-6-5-3-1;;/h2-5H,7H2;1-5H;;/q2*-1;;. The molecule has 0 fully saturated rings. The molecular weight excluding hydrogens is 336 g/mol. The number of benzene rings is 2. The molecule has 0 aliphatic carbocycles. The number of anilines is 1. The van der Waals surface area contributed by atoms with Crippen molar-refractivity contribution in [1.29, 1.82) is 0 Å². The molecule has 2 radical (unpaired) electrons. The number of hydrogen-bond acceptors (Lipinski definition) is 1. The van der Waals surface area contributed by atoms with Crippen LogP contribution in [0.5, 0.6) is 0 Å². The van der Waals surface area contributed by atoms with Crippen LogP contribution >= 0.6 is 0 Å². The first-order valence-electron chi connectivity index (χ1n) is 4.02. The van der Waals surface area contributed by atoms with Crippen molar-refractivity contribution in [2.24, 2.45) is 0 Å². The molecule has 0 aromatic heterocycles. The molecule has 0 amide bonds. The van der Waals surface area contributed by atoms with E-state index in [0.29, 0.717) is 0 Å². The van der Waals surface area contributed by atoms with Gasteiger partial charge in [0.1, 0.15) is 0 Å². The molecule has 2 aromatic rings. The second kappa shape index (κ2) is 12.5. The Balaban J connectivity index is 0. The summed E-state index contributed by atoms with van der Waals surface area (Å²) in [6.07, 6.45) is 0. The van der Waals surface area contributed by atoms with E-state index in [4.69, 9.17) is 5.73 Å². The number of rotatable bonds is 0. The predicted molar refractivity (Wildman–Crippen MR) is 55.0 cm³/mol. The third-order valence-corrected chi connectivity index (χ3v) is 1.35. The van der Waals surface area contributed by atoms with Crippen molar-refractivity contribution in [3.05, 3.63) is 66.7 Å². The molecule has 2 N–H and O–H groups in total. The van der Waals surface area contributed by atoms with E-state index in [1.165, 1.54) is 0 Å². The van der Waals surface area contributed by atoms with Crippen molar-refractivity contribution in [3.8, 4) is 0 Å². The normalized spacial score (nSPS) is 7.20. The number of nitrogen functional groups attached to an aromatic ring is 1. The molecule has 0 atom stereocenters. The fourth-order valence-electron chi connectivity index (χ4n) is 0.742. The zero-order valence-electron chi connectivity index (χ0n) is 8.43. The summed E-state index contributed by atoms with van der Waals surface area (Å²) in [7, 11) is 0. The molecule has 0 heterocycles. The van der Waals surface area contributed by atoms with Gasteiger partial charge in [-0.15, -0.1) is 12.1 Å². The van der Waals surface area contributed by atoms with Crippen LogP contribution in [0.25, 0.3) is 0 Å². The molecule has 2 aromatic carbocycles. The summed E-state index contributed by atoms with van der Waals surface area (Å²) < 4.78 is 0. The fraction of sp³-hybridized carbons (Fsp3) is 0. The Bertz CT molecular complexity index is 284. The van der Waals surface area contributed by atoms with Gasteiger partial charge in [-0.3, -0.25) is 0 Å². The zero-order chi connectivity index (χ0) is 9.36. The Morgan fingerprint density at radius 2 is 1.20 bits per heavy atom. The van der Waals surface area contributed by atoms with Gasteiger partial charge in [0.05, 0.1) is 0 Å². The summed E-state index contributed by atoms with van der Waals surface area (Å²) in [4.78, 5) is 0. The first kappa shape index (κ1) is 17.8. The first-order valence-corrected chi connectivity index (χ1v) is 4.02. The minimum atomic E-state index is 0. The second-order valence-corrected chi connectivity index (χ2v) is 2.41. The number of nitrogens with two attached hydrogens (primary N) is 1. The van der Waals surface area contributed by atoms with Crippen molar-refractivity contribution < 1.29 is 65.4 Å². The van der Waals surface area contributed by atoms with Crippen LogP contribution in [0.15, 0.2) is 54.6 Å². The van der Waals surface area contributed by atoms with Crippen LogP contribution in [0.3, 0.4) is 0 Å². The van der Waals surface area contributed by atoms with E-state index in [1.54, 1.807) is 24.3 Å². The molecule has 0 saturated carbocycles. The van der Waals surface area contributed by atoms with Crippen LogP contribution < -0.4 is 5.73 Å². The van der Waals surface area contributed by atoms with Crippen molar-refractivity contribution in [1.82, 2.24) is 0 Å². The van der Waals surface area contributed by atoms with E-state index >= 15 is 0 Å². The van der Waals surface area contributed by atoms with E-state index in [-0.39, 0.29) is 65.4 Å². The average molecular weight is 347 g/mol. The maximum Gasteiger partial charge on any atom is 0 e. The van der Waals surface area contributed by atoms with Crippen LogP contribution in [0.1, 0.15) is 0 Å². The summed E-state index contributed by atoms with van der Waals surface area (Å²) in [5, 5.41) is 0. The van der Waals surface area contributed by atoms with Gasteiger partial charge < -0.3 is 5.73 Å². The molecule has 0 bridgehead atoms. The zero-order valence-corrected chi connectivity index (χ0v) is 14.1. The molecule has 72 valence electrons. The second-order valence-electron chi connectivity index (χ2n) is 2.41. The van der Waals surface area contributed by atoms with Gasteiger partial charge in [-0.2, -0.15) is 54.6 Å². The van der Waals surface area contributed by atoms with Gasteiger partial charge in [0.15, 0.2) is 0 Å². The van der Waals surface area contributed by atoms with Crippen molar-refractivity contribution in [2.75, 3.05) is 5.73 Å². The third-order valence-electron chi connectivity index (χ3n) is 1.35. The summed E-state index contributed by atoms with van der Waals surface area (Å²) >= 11 is 0. The Morgan fingerprint density at radius 1 is 0.733 bits per heavy atom. The Kier molecular flexibility index (Phi) is 14.9. The quantitative estimate of drug-likeness (QED) is 0.575. The fourth-order valence-corrected chi connectivity index (χ4v) is 0.742. The van der Waals surface area contributed by atoms with Gasteiger partial charge in [-0.05, 0) is 0 Å². The van der Waals surface area contributed by atoms with E-state index in [9.17, 15) is 0 Å². The molecule has 0 spiro atoms. The van der Waals surface area contributed by atoms with Gasteiger partial charge in [0, 0.05) is 65.4 Å². The van der Waals surface area contributed by atoms with E-state index in [1.807, 2.05) is 30.3 Å². The summed E-state index contributed by atoms with van der Waals surface area (Å²) in [6, 6.07) is 22.5. The van der Waals surface area contributed by atoms with Crippen molar-refractivity contribution in [2.45, 2.75) is 0 Å². The van der Waals surface area contributed by atoms with Gasteiger partial charge in [-0.1, -0.05) is 5.69 Å². The van der Waals surface area contributed by atoms with E-state index in [0.717, 1.165) is 5.69 Å². The third kappa shape index (κ3) is 10.7. The molecule has 0 unspecified atom stereocenters. The van der Waals surface area contributed by atoms with Crippen LogP contribution in [-0.4, -0.2) is 0 Å². The van der Waals surface area contributed by atoms with E-state index < -0.39 is 0 Å². The van der Waals surface area contributed by atoms with E-state index in [2.05, 4.69) is 12.1 Å². The Labute approximate surface area is 142 Å². The first-order chi connectivity index (χ1) is 6.39. The van der Waals surface area contributed by atoms with Crippen LogP contribution in [0.2, 0.25) is 0 Å². The van der Waals surface area contributed by atoms with Crippen molar-refractivity contribution >= 4 is 5.69 Å². The molecule has 0 aliphatic rings. The molecule has 3 heteroatoms. The summed E-state index contributed by atoms with van der Waals surface area (Å²) in [6.45, 7) is 0. The summed E-state index contributed by atoms with van der Waals surface area (Å²) in [5.74, 6) is 0. The Hall–Kier alpha value is 0.448. The van der Waals surface area contributed by atoms with Crippen LogP contribution in [0, 0.1) is 12.1 Å². The largest absolute Gasteiger partial charge is 0.419 e. The Morgan fingerprint density at radius 3 is 1.40 bits per heavy atom. The molecule has 0 saturated heterocycles. The summed E-state index contributed by atoms with van der Waals surface area (Å²) in [5.41, 5.74) is 6.13. The molecule has 2 rings (SSSR count). The van der Waals surface area contributed by atoms with Crippen LogP contribution in [-0.2, 0) is 65.4 Å². The molecule has 15 heavy (non-hydrogen) atoms. The predicted octanol–water partition coefficient (Wildman–Crippen LogP) is 2.55. The van der Waals surface area contributed by atoms with Gasteiger partial charge in [0.2, 0.25) is 0 Å². The monoisotopic (exact) mass is 347 g/mol. The maximum absolute atomic E-state index is 5.34. The maximum atomic E-state index is 5.34. The molecule has 1 nitrogen and oxygen atoms in total. The SMILES string of the molecule is Nc1cc[c-]cc1.[Y].[Y].[c-]1ccccc1. The van der Waals surface area contributed by atoms with Gasteiger partial charge in [0.25, 0.3) is 0 Å². The average Bonchev–Trinajstić information content (AvgIpc) is 2.22. The topological polar surface area (TPSA) is 26.0 Å².